The highest BCUT2D eigenvalue weighted by atomic mass is 15.0. The lowest BCUT2D eigenvalue weighted by molar-refractivity contribution is 1.18. The smallest absolute Gasteiger partial charge is 0.0541 e. The van der Waals surface area contributed by atoms with Crippen molar-refractivity contribution in [1.29, 1.82) is 0 Å². The second-order valence-electron chi connectivity index (χ2n) is 17.7. The van der Waals surface area contributed by atoms with Crippen LogP contribution in [-0.4, -0.2) is 9.13 Å². The zero-order valence-corrected chi connectivity index (χ0v) is 37.3. The summed E-state index contributed by atoms with van der Waals surface area (Å²) in [6.07, 6.45) is 0. The zero-order chi connectivity index (χ0) is 45.0. The Balaban J connectivity index is 0.882. The Hall–Kier alpha value is -8.98. The third-order valence-electron chi connectivity index (χ3n) is 13.8. The van der Waals surface area contributed by atoms with Crippen molar-refractivity contribution in [2.45, 2.75) is 0 Å². The Labute approximate surface area is 395 Å². The van der Waals surface area contributed by atoms with Crippen molar-refractivity contribution in [3.05, 3.63) is 267 Å². The highest BCUT2D eigenvalue weighted by Crippen LogP contribution is 2.40. The van der Waals surface area contributed by atoms with Crippen LogP contribution in [0.5, 0.6) is 0 Å². The monoisotopic (exact) mass is 864 g/mol. The predicted molar refractivity (Wildman–Crippen MR) is 288 cm³/mol. The Morgan fingerprint density at radius 1 is 0.176 bits per heavy atom. The number of fused-ring (bicyclic) bond motifs is 6. The van der Waals surface area contributed by atoms with Crippen molar-refractivity contribution < 1.29 is 0 Å². The van der Waals surface area contributed by atoms with Gasteiger partial charge in [-0.2, -0.15) is 0 Å². The summed E-state index contributed by atoms with van der Waals surface area (Å²) in [7, 11) is 0. The number of benzene rings is 11. The van der Waals surface area contributed by atoms with Gasteiger partial charge in [0, 0.05) is 32.9 Å². The van der Waals surface area contributed by atoms with Gasteiger partial charge in [-0.05, 0) is 133 Å². The molecule has 2 heteroatoms. The maximum Gasteiger partial charge on any atom is 0.0541 e. The first-order valence-electron chi connectivity index (χ1n) is 23.4. The van der Waals surface area contributed by atoms with Crippen LogP contribution in [0.1, 0.15) is 0 Å². The minimum atomic E-state index is 1.14. The normalized spacial score (nSPS) is 11.5. The quantitative estimate of drug-likeness (QED) is 0.144. The summed E-state index contributed by atoms with van der Waals surface area (Å²) in [6, 6.07) is 97.4. The van der Waals surface area contributed by atoms with E-state index >= 15 is 0 Å². The first-order valence-corrected chi connectivity index (χ1v) is 23.4. The van der Waals surface area contributed by atoms with Gasteiger partial charge < -0.3 is 9.13 Å². The Bertz CT molecular complexity index is 3880. The van der Waals surface area contributed by atoms with E-state index in [9.17, 15) is 0 Å². The Morgan fingerprint density at radius 2 is 0.471 bits per heavy atom. The molecule has 0 amide bonds. The van der Waals surface area contributed by atoms with Crippen molar-refractivity contribution in [2.24, 2.45) is 0 Å². The molecule has 0 unspecified atom stereocenters. The zero-order valence-electron chi connectivity index (χ0n) is 37.3. The summed E-state index contributed by atoms with van der Waals surface area (Å²) in [5.74, 6) is 0. The topological polar surface area (TPSA) is 9.86 Å². The second kappa shape index (κ2) is 16.5. The SMILES string of the molecule is c1ccc(-c2cccc(-c3cccc(-c4ccc(-c5ccc(-c6ccc(-n7c8ccccc8c8ccccc87)cc6)cc5-c5ccc(-n6c7ccccc7c7ccccc76)cc5)cc4)c3)c2)cc1. The van der Waals surface area contributed by atoms with Crippen LogP contribution in [0, 0.1) is 0 Å². The third kappa shape index (κ3) is 6.82. The predicted octanol–water partition coefficient (Wildman–Crippen LogP) is 17.9. The molecular formula is C66H44N2. The van der Waals surface area contributed by atoms with E-state index in [1.807, 2.05) is 0 Å². The van der Waals surface area contributed by atoms with Crippen molar-refractivity contribution in [1.82, 2.24) is 9.13 Å². The molecule has 0 aliphatic heterocycles. The van der Waals surface area contributed by atoms with Crippen LogP contribution in [0.4, 0.5) is 0 Å². The van der Waals surface area contributed by atoms with Crippen LogP contribution in [0.2, 0.25) is 0 Å². The molecule has 2 aromatic heterocycles. The van der Waals surface area contributed by atoms with Crippen LogP contribution in [0.3, 0.4) is 0 Å². The van der Waals surface area contributed by atoms with Gasteiger partial charge in [0.1, 0.15) is 0 Å². The van der Waals surface area contributed by atoms with E-state index in [1.165, 1.54) is 110 Å². The van der Waals surface area contributed by atoms with Gasteiger partial charge in [-0.1, -0.05) is 200 Å². The fourth-order valence-corrected chi connectivity index (χ4v) is 10.4. The maximum absolute atomic E-state index is 2.39. The second-order valence-corrected chi connectivity index (χ2v) is 17.7. The average molecular weight is 865 g/mol. The van der Waals surface area contributed by atoms with E-state index < -0.39 is 0 Å². The minimum absolute atomic E-state index is 1.14. The molecule has 0 atom stereocenters. The summed E-state index contributed by atoms with van der Waals surface area (Å²) >= 11 is 0. The third-order valence-corrected chi connectivity index (χ3v) is 13.8. The molecule has 318 valence electrons. The lowest BCUT2D eigenvalue weighted by Crippen LogP contribution is -1.94. The van der Waals surface area contributed by atoms with Crippen LogP contribution in [-0.2, 0) is 0 Å². The summed E-state index contributed by atoms with van der Waals surface area (Å²) in [6.45, 7) is 0. The molecule has 0 bridgehead atoms. The van der Waals surface area contributed by atoms with Crippen molar-refractivity contribution in [3.8, 4) is 78.1 Å². The fourth-order valence-electron chi connectivity index (χ4n) is 10.4. The Kier molecular flexibility index (Phi) is 9.54. The van der Waals surface area contributed by atoms with E-state index in [0.29, 0.717) is 0 Å². The number of nitrogens with zero attached hydrogens (tertiary/aromatic N) is 2. The van der Waals surface area contributed by atoms with Crippen LogP contribution in [0.25, 0.3) is 122 Å². The van der Waals surface area contributed by atoms with Crippen LogP contribution in [0.15, 0.2) is 267 Å². The average Bonchev–Trinajstić information content (AvgIpc) is 3.94. The molecule has 2 heterocycles. The summed E-state index contributed by atoms with van der Waals surface area (Å²) in [5, 5.41) is 5.06. The van der Waals surface area contributed by atoms with Gasteiger partial charge in [-0.3, -0.25) is 0 Å². The summed E-state index contributed by atoms with van der Waals surface area (Å²) in [5.41, 5.74) is 21.4. The number of aromatic nitrogens is 2. The summed E-state index contributed by atoms with van der Waals surface area (Å²) in [4.78, 5) is 0. The van der Waals surface area contributed by atoms with Crippen molar-refractivity contribution >= 4 is 43.6 Å². The number of hydrogen-bond acceptors (Lipinski definition) is 0. The van der Waals surface area contributed by atoms with E-state index in [4.69, 9.17) is 0 Å². The largest absolute Gasteiger partial charge is 0.309 e. The van der Waals surface area contributed by atoms with Crippen LogP contribution >= 0.6 is 0 Å². The first kappa shape index (κ1) is 39.4. The fraction of sp³-hybridized carbons (Fsp3) is 0. The standard InChI is InChI=1S/C66H44N2/c1-2-14-45(15-3-1)50-16-12-18-52(42-50)53-19-13-17-51(43-53)46-28-30-48(31-29-46)57-41-36-54(47-32-37-55(38-33-47)67-63-24-8-4-20-58(63)59-21-5-9-25-64(59)67)44-62(57)49-34-39-56(40-35-49)68-65-26-10-6-22-60(65)61-23-7-11-27-66(61)68/h1-44H. The number of hydrogen-bond donors (Lipinski definition) is 0. The molecule has 0 radical (unpaired) electrons. The molecule has 0 saturated heterocycles. The van der Waals surface area contributed by atoms with Gasteiger partial charge >= 0.3 is 0 Å². The molecule has 0 N–H and O–H groups in total. The van der Waals surface area contributed by atoms with Gasteiger partial charge in [0.25, 0.3) is 0 Å². The van der Waals surface area contributed by atoms with E-state index in [0.717, 1.165) is 11.4 Å². The number of rotatable bonds is 8. The van der Waals surface area contributed by atoms with Gasteiger partial charge in [-0.15, -0.1) is 0 Å². The molecule has 0 saturated carbocycles. The lowest BCUT2D eigenvalue weighted by Gasteiger charge is -2.16. The highest BCUT2D eigenvalue weighted by molar-refractivity contribution is 6.10. The van der Waals surface area contributed by atoms with E-state index in [1.54, 1.807) is 0 Å². The van der Waals surface area contributed by atoms with E-state index in [-0.39, 0.29) is 0 Å². The molecular weight excluding hydrogens is 821 g/mol. The van der Waals surface area contributed by atoms with Gasteiger partial charge in [-0.25, -0.2) is 0 Å². The molecule has 68 heavy (non-hydrogen) atoms. The van der Waals surface area contributed by atoms with Crippen molar-refractivity contribution in [2.75, 3.05) is 0 Å². The van der Waals surface area contributed by atoms with Gasteiger partial charge in [0.05, 0.1) is 22.1 Å². The molecule has 2 nitrogen and oxygen atoms in total. The van der Waals surface area contributed by atoms with Crippen molar-refractivity contribution in [3.63, 3.8) is 0 Å². The number of para-hydroxylation sites is 4. The molecule has 13 rings (SSSR count). The molecule has 0 fully saturated rings. The highest BCUT2D eigenvalue weighted by Gasteiger charge is 2.16. The molecule has 0 aliphatic carbocycles. The van der Waals surface area contributed by atoms with Gasteiger partial charge in [0.2, 0.25) is 0 Å². The Morgan fingerprint density at radius 3 is 0.926 bits per heavy atom. The summed E-state index contributed by atoms with van der Waals surface area (Å²) < 4.78 is 4.77. The molecule has 0 aliphatic rings. The van der Waals surface area contributed by atoms with Crippen LogP contribution < -0.4 is 0 Å². The maximum atomic E-state index is 2.39. The van der Waals surface area contributed by atoms with E-state index in [2.05, 4.69) is 276 Å². The first-order chi connectivity index (χ1) is 33.7. The minimum Gasteiger partial charge on any atom is -0.309 e. The molecule has 0 spiro atoms. The van der Waals surface area contributed by atoms with Gasteiger partial charge in [0.15, 0.2) is 0 Å². The molecule has 13 aromatic rings. The lowest BCUT2D eigenvalue weighted by atomic mass is 9.90. The molecule has 11 aromatic carbocycles.